The molecule has 0 saturated heterocycles. The van der Waals surface area contributed by atoms with E-state index in [1.807, 2.05) is 18.2 Å². The van der Waals surface area contributed by atoms with Crippen LogP contribution in [0, 0.1) is 11.3 Å². The molecule has 0 radical (unpaired) electrons. The molecule has 26 heavy (non-hydrogen) atoms. The first kappa shape index (κ1) is 18.1. The smallest absolute Gasteiger partial charge is 0.262 e. The summed E-state index contributed by atoms with van der Waals surface area (Å²) >= 11 is 9.43. The van der Waals surface area contributed by atoms with Gasteiger partial charge in [0.2, 0.25) is 0 Å². The molecule has 1 amide bonds. The Bertz CT molecular complexity index is 1000. The Hall–Kier alpha value is -2.75. The fourth-order valence-electron chi connectivity index (χ4n) is 2.20. The highest BCUT2D eigenvalue weighted by Crippen LogP contribution is 2.30. The Labute approximate surface area is 163 Å². The average molecular weight is 432 g/mol. The lowest BCUT2D eigenvalue weighted by molar-refractivity contribution is -0.117. The van der Waals surface area contributed by atoms with Gasteiger partial charge < -0.3 is 14.2 Å². The summed E-state index contributed by atoms with van der Waals surface area (Å²) in [4.78, 5) is 12.1. The molecule has 7 heteroatoms. The van der Waals surface area contributed by atoms with Crippen molar-refractivity contribution in [2.75, 3.05) is 0 Å². The summed E-state index contributed by atoms with van der Waals surface area (Å²) in [6, 6.07) is 14.2. The molecule has 0 spiro atoms. The molecule has 130 valence electrons. The highest BCUT2D eigenvalue weighted by Gasteiger charge is 2.12. The average Bonchev–Trinajstić information content (AvgIpc) is 3.31. The molecule has 0 atom stereocenters. The van der Waals surface area contributed by atoms with Crippen molar-refractivity contribution in [3.05, 3.63) is 75.3 Å². The first-order chi connectivity index (χ1) is 12.6. The van der Waals surface area contributed by atoms with Crippen molar-refractivity contribution in [3.63, 3.8) is 0 Å². The standard InChI is InChI=1S/C19H12BrClN2O3/c20-16-5-3-12(9-17(16)21)18-6-4-14(26-18)8-13(10-22)19(24)23-11-15-2-1-7-25-15/h1-9H,11H2,(H,23,24)/b13-8+. The number of carbonyl (C=O) groups is 1. The third kappa shape index (κ3) is 4.26. The second-order valence-electron chi connectivity index (χ2n) is 5.26. The van der Waals surface area contributed by atoms with E-state index in [4.69, 9.17) is 20.4 Å². The Kier molecular flexibility index (Phi) is 5.61. The van der Waals surface area contributed by atoms with Crippen LogP contribution in [0.2, 0.25) is 5.02 Å². The van der Waals surface area contributed by atoms with Crippen LogP contribution in [0.5, 0.6) is 0 Å². The van der Waals surface area contributed by atoms with Crippen LogP contribution in [0.1, 0.15) is 11.5 Å². The number of amides is 1. The van der Waals surface area contributed by atoms with Crippen molar-refractivity contribution in [1.82, 2.24) is 5.32 Å². The fourth-order valence-corrected chi connectivity index (χ4v) is 2.63. The van der Waals surface area contributed by atoms with Crippen molar-refractivity contribution in [2.24, 2.45) is 0 Å². The number of hydrogen-bond donors (Lipinski definition) is 1. The molecular formula is C19H12BrClN2O3. The van der Waals surface area contributed by atoms with Gasteiger partial charge in [0, 0.05) is 16.1 Å². The molecule has 0 aliphatic heterocycles. The Morgan fingerprint density at radius 2 is 2.15 bits per heavy atom. The SMILES string of the molecule is N#C/C(=C\c1ccc(-c2ccc(Br)c(Cl)c2)o1)C(=O)NCc1ccco1. The van der Waals surface area contributed by atoms with Crippen LogP contribution in [0.3, 0.4) is 0 Å². The zero-order chi connectivity index (χ0) is 18.5. The molecule has 0 saturated carbocycles. The highest BCUT2D eigenvalue weighted by molar-refractivity contribution is 9.10. The van der Waals surface area contributed by atoms with E-state index >= 15 is 0 Å². The molecule has 0 aliphatic carbocycles. The van der Waals surface area contributed by atoms with Crippen molar-refractivity contribution < 1.29 is 13.6 Å². The number of carbonyl (C=O) groups excluding carboxylic acids is 1. The Morgan fingerprint density at radius 3 is 2.85 bits per heavy atom. The second-order valence-corrected chi connectivity index (χ2v) is 6.52. The van der Waals surface area contributed by atoms with Gasteiger partial charge in [-0.2, -0.15) is 5.26 Å². The number of nitrogens with one attached hydrogen (secondary N) is 1. The monoisotopic (exact) mass is 430 g/mol. The lowest BCUT2D eigenvalue weighted by Crippen LogP contribution is -2.23. The van der Waals surface area contributed by atoms with Gasteiger partial charge in [-0.3, -0.25) is 4.79 Å². The van der Waals surface area contributed by atoms with E-state index in [9.17, 15) is 10.1 Å². The number of nitrogens with zero attached hydrogens (tertiary/aromatic N) is 1. The molecule has 3 aromatic rings. The van der Waals surface area contributed by atoms with E-state index in [2.05, 4.69) is 21.2 Å². The number of rotatable bonds is 5. The topological polar surface area (TPSA) is 79.2 Å². The summed E-state index contributed by atoms with van der Waals surface area (Å²) in [6.07, 6.45) is 2.91. The minimum absolute atomic E-state index is 0.0636. The minimum Gasteiger partial charge on any atom is -0.467 e. The summed E-state index contributed by atoms with van der Waals surface area (Å²) in [7, 11) is 0. The molecule has 3 rings (SSSR count). The third-order valence-electron chi connectivity index (χ3n) is 3.49. The van der Waals surface area contributed by atoms with Gasteiger partial charge in [0.1, 0.15) is 28.9 Å². The molecule has 2 aromatic heterocycles. The predicted molar refractivity (Wildman–Crippen MR) is 101 cm³/mol. The van der Waals surface area contributed by atoms with Gasteiger partial charge >= 0.3 is 0 Å². The van der Waals surface area contributed by atoms with E-state index < -0.39 is 5.91 Å². The molecule has 0 unspecified atom stereocenters. The first-order valence-electron chi connectivity index (χ1n) is 7.54. The van der Waals surface area contributed by atoms with E-state index in [1.165, 1.54) is 12.3 Å². The lowest BCUT2D eigenvalue weighted by atomic mass is 10.2. The van der Waals surface area contributed by atoms with E-state index in [1.54, 1.807) is 30.3 Å². The van der Waals surface area contributed by atoms with Crippen molar-refractivity contribution >= 4 is 39.5 Å². The van der Waals surface area contributed by atoms with Crippen molar-refractivity contribution in [3.8, 4) is 17.4 Å². The van der Waals surface area contributed by atoms with Gasteiger partial charge in [0.05, 0.1) is 17.8 Å². The number of nitriles is 1. The molecule has 1 aromatic carbocycles. The minimum atomic E-state index is -0.506. The molecule has 0 aliphatic rings. The molecule has 0 fully saturated rings. The summed E-state index contributed by atoms with van der Waals surface area (Å²) in [5.74, 6) is 1.07. The molecule has 5 nitrogen and oxygen atoms in total. The van der Waals surface area contributed by atoms with Crippen molar-refractivity contribution in [1.29, 1.82) is 5.26 Å². The summed E-state index contributed by atoms with van der Waals surface area (Å²) < 4.78 is 11.6. The molecule has 1 N–H and O–H groups in total. The van der Waals surface area contributed by atoms with Crippen LogP contribution in [0.15, 0.2) is 67.6 Å². The third-order valence-corrected chi connectivity index (χ3v) is 4.72. The van der Waals surface area contributed by atoms with Crippen LogP contribution in [0.25, 0.3) is 17.4 Å². The van der Waals surface area contributed by atoms with Gasteiger partial charge in [-0.15, -0.1) is 0 Å². The number of benzene rings is 1. The number of halogens is 2. The van der Waals surface area contributed by atoms with Gasteiger partial charge in [0.15, 0.2) is 0 Å². The highest BCUT2D eigenvalue weighted by atomic mass is 79.9. The predicted octanol–water partition coefficient (Wildman–Crippen LogP) is 5.18. The van der Waals surface area contributed by atoms with E-state index in [0.717, 1.165) is 10.0 Å². The van der Waals surface area contributed by atoms with Crippen molar-refractivity contribution in [2.45, 2.75) is 6.54 Å². The lowest BCUT2D eigenvalue weighted by Gasteiger charge is -2.01. The maximum atomic E-state index is 12.1. The largest absolute Gasteiger partial charge is 0.467 e. The zero-order valence-corrected chi connectivity index (χ0v) is 15.7. The number of furan rings is 2. The summed E-state index contributed by atoms with van der Waals surface area (Å²) in [5.41, 5.74) is 0.727. The van der Waals surface area contributed by atoms with Gasteiger partial charge in [0.25, 0.3) is 5.91 Å². The van der Waals surface area contributed by atoms with E-state index in [-0.39, 0.29) is 12.1 Å². The zero-order valence-electron chi connectivity index (χ0n) is 13.3. The summed E-state index contributed by atoms with van der Waals surface area (Å²) in [5, 5.41) is 12.4. The van der Waals surface area contributed by atoms with Crippen LogP contribution in [-0.4, -0.2) is 5.91 Å². The van der Waals surface area contributed by atoms with Gasteiger partial charge in [-0.25, -0.2) is 0 Å². The second kappa shape index (κ2) is 8.09. The normalized spacial score (nSPS) is 11.2. The van der Waals surface area contributed by atoms with Gasteiger partial charge in [-0.05, 0) is 52.3 Å². The molecule has 0 bridgehead atoms. The van der Waals surface area contributed by atoms with E-state index in [0.29, 0.717) is 22.3 Å². The van der Waals surface area contributed by atoms with Gasteiger partial charge in [-0.1, -0.05) is 17.7 Å². The first-order valence-corrected chi connectivity index (χ1v) is 8.71. The summed E-state index contributed by atoms with van der Waals surface area (Å²) in [6.45, 7) is 0.200. The maximum Gasteiger partial charge on any atom is 0.262 e. The molecular weight excluding hydrogens is 420 g/mol. The fraction of sp³-hybridized carbons (Fsp3) is 0.0526. The maximum absolute atomic E-state index is 12.1. The van der Waals surface area contributed by atoms with Crippen LogP contribution < -0.4 is 5.32 Å². The Balaban J connectivity index is 1.75. The number of hydrogen-bond acceptors (Lipinski definition) is 4. The molecule has 2 heterocycles. The van der Waals surface area contributed by atoms with Crippen LogP contribution in [0.4, 0.5) is 0 Å². The quantitative estimate of drug-likeness (QED) is 0.446. The van der Waals surface area contributed by atoms with Crippen LogP contribution in [-0.2, 0) is 11.3 Å². The Morgan fingerprint density at radius 1 is 1.31 bits per heavy atom. The van der Waals surface area contributed by atoms with Crippen LogP contribution >= 0.6 is 27.5 Å².